The Morgan fingerprint density at radius 3 is 2.27 bits per heavy atom. The van der Waals surface area contributed by atoms with Gasteiger partial charge in [-0.3, -0.25) is 0 Å². The summed E-state index contributed by atoms with van der Waals surface area (Å²) in [6.07, 6.45) is 0.315. The maximum Gasteiger partial charge on any atom is 0.0882 e. The SMILES string of the molecule is Cc1ccc(CCNC(c2ccccc2)[C@H](O)[C@H](C)N)cc1. The molecule has 22 heavy (non-hydrogen) atoms. The number of rotatable bonds is 7. The molecule has 0 aliphatic carbocycles. The van der Waals surface area contributed by atoms with E-state index < -0.39 is 6.10 Å². The van der Waals surface area contributed by atoms with Crippen molar-refractivity contribution in [2.24, 2.45) is 5.73 Å². The molecule has 0 amide bonds. The third-order valence-corrected chi connectivity index (χ3v) is 3.94. The van der Waals surface area contributed by atoms with E-state index in [9.17, 15) is 5.11 Å². The number of aliphatic hydroxyl groups is 1. The standard InChI is InChI=1S/C19H26N2O/c1-14-8-10-16(11-9-14)12-13-21-18(19(22)15(2)20)17-6-4-3-5-7-17/h3-11,15,18-19,21-22H,12-13,20H2,1-2H3/t15-,18?,19+/m0/s1. The molecule has 0 saturated heterocycles. The molecule has 0 aliphatic heterocycles. The maximum atomic E-state index is 10.4. The van der Waals surface area contributed by atoms with Crippen molar-refractivity contribution in [1.29, 1.82) is 0 Å². The minimum absolute atomic E-state index is 0.147. The number of hydrogen-bond acceptors (Lipinski definition) is 3. The largest absolute Gasteiger partial charge is 0.390 e. The first-order valence-corrected chi connectivity index (χ1v) is 7.85. The fourth-order valence-electron chi connectivity index (χ4n) is 2.53. The second-order valence-electron chi connectivity index (χ2n) is 5.93. The predicted molar refractivity (Wildman–Crippen MR) is 91.7 cm³/mol. The Bertz CT molecular complexity index is 551. The zero-order chi connectivity index (χ0) is 15.9. The summed E-state index contributed by atoms with van der Waals surface area (Å²) in [5.41, 5.74) is 9.51. The highest BCUT2D eigenvalue weighted by Gasteiger charge is 2.23. The van der Waals surface area contributed by atoms with Crippen molar-refractivity contribution in [2.45, 2.75) is 38.5 Å². The number of nitrogens with two attached hydrogens (primary N) is 1. The van der Waals surface area contributed by atoms with E-state index in [1.165, 1.54) is 11.1 Å². The molecule has 4 N–H and O–H groups in total. The zero-order valence-corrected chi connectivity index (χ0v) is 13.4. The van der Waals surface area contributed by atoms with Crippen LogP contribution in [-0.4, -0.2) is 23.8 Å². The predicted octanol–water partition coefficient (Wildman–Crippen LogP) is 2.58. The number of aliphatic hydroxyl groups excluding tert-OH is 1. The Kier molecular flexibility index (Phi) is 6.13. The Morgan fingerprint density at radius 2 is 1.68 bits per heavy atom. The molecular formula is C19H26N2O. The summed E-state index contributed by atoms with van der Waals surface area (Å²) in [6.45, 7) is 4.72. The van der Waals surface area contributed by atoms with Gasteiger partial charge in [-0.1, -0.05) is 60.2 Å². The summed E-state index contributed by atoms with van der Waals surface area (Å²) >= 11 is 0. The average molecular weight is 298 g/mol. The number of hydrogen-bond donors (Lipinski definition) is 3. The first-order valence-electron chi connectivity index (χ1n) is 7.85. The van der Waals surface area contributed by atoms with Crippen LogP contribution in [-0.2, 0) is 6.42 Å². The minimum atomic E-state index is -0.611. The van der Waals surface area contributed by atoms with Crippen LogP contribution in [0, 0.1) is 6.92 Å². The quantitative estimate of drug-likeness (QED) is 0.736. The molecule has 0 fully saturated rings. The molecule has 2 aromatic rings. The Morgan fingerprint density at radius 1 is 1.05 bits per heavy atom. The van der Waals surface area contributed by atoms with Crippen molar-refractivity contribution in [3.63, 3.8) is 0 Å². The molecule has 118 valence electrons. The van der Waals surface area contributed by atoms with Gasteiger partial charge in [-0.2, -0.15) is 0 Å². The van der Waals surface area contributed by atoms with E-state index >= 15 is 0 Å². The van der Waals surface area contributed by atoms with E-state index in [0.29, 0.717) is 0 Å². The number of aryl methyl sites for hydroxylation is 1. The van der Waals surface area contributed by atoms with Crippen LogP contribution in [0.25, 0.3) is 0 Å². The van der Waals surface area contributed by atoms with Gasteiger partial charge in [0.1, 0.15) is 0 Å². The normalized spacial score (nSPS) is 15.3. The molecule has 3 nitrogen and oxygen atoms in total. The van der Waals surface area contributed by atoms with Crippen LogP contribution in [0.1, 0.15) is 29.7 Å². The van der Waals surface area contributed by atoms with Crippen molar-refractivity contribution in [1.82, 2.24) is 5.32 Å². The fraction of sp³-hybridized carbons (Fsp3) is 0.368. The summed E-state index contributed by atoms with van der Waals surface area (Å²) in [4.78, 5) is 0. The molecule has 0 heterocycles. The lowest BCUT2D eigenvalue weighted by atomic mass is 9.97. The monoisotopic (exact) mass is 298 g/mol. The lowest BCUT2D eigenvalue weighted by molar-refractivity contribution is 0.106. The first-order chi connectivity index (χ1) is 10.6. The molecule has 2 rings (SSSR count). The second-order valence-corrected chi connectivity index (χ2v) is 5.93. The molecular weight excluding hydrogens is 272 g/mol. The van der Waals surface area contributed by atoms with Crippen molar-refractivity contribution in [3.05, 3.63) is 71.3 Å². The maximum absolute atomic E-state index is 10.4. The van der Waals surface area contributed by atoms with Crippen LogP contribution in [0.2, 0.25) is 0 Å². The Labute approximate surface area is 133 Å². The lowest BCUT2D eigenvalue weighted by Crippen LogP contribution is -2.43. The van der Waals surface area contributed by atoms with Crippen LogP contribution in [0.3, 0.4) is 0 Å². The van der Waals surface area contributed by atoms with Crippen LogP contribution in [0.15, 0.2) is 54.6 Å². The van der Waals surface area contributed by atoms with Crippen molar-refractivity contribution >= 4 is 0 Å². The van der Waals surface area contributed by atoms with E-state index in [2.05, 4.69) is 36.5 Å². The molecule has 3 heteroatoms. The Balaban J connectivity index is 1.99. The van der Waals surface area contributed by atoms with Gasteiger partial charge < -0.3 is 16.2 Å². The molecule has 0 aliphatic rings. The summed E-state index contributed by atoms with van der Waals surface area (Å²) in [5, 5.41) is 13.8. The minimum Gasteiger partial charge on any atom is -0.390 e. The van der Waals surface area contributed by atoms with Crippen LogP contribution in [0.4, 0.5) is 0 Å². The van der Waals surface area contributed by atoms with E-state index in [-0.39, 0.29) is 12.1 Å². The van der Waals surface area contributed by atoms with Gasteiger partial charge in [0.25, 0.3) is 0 Å². The van der Waals surface area contributed by atoms with Gasteiger partial charge in [0.15, 0.2) is 0 Å². The van der Waals surface area contributed by atoms with Gasteiger partial charge >= 0.3 is 0 Å². The van der Waals surface area contributed by atoms with Crippen LogP contribution < -0.4 is 11.1 Å². The topological polar surface area (TPSA) is 58.3 Å². The van der Waals surface area contributed by atoms with Crippen LogP contribution >= 0.6 is 0 Å². The third-order valence-electron chi connectivity index (χ3n) is 3.94. The third kappa shape index (κ3) is 4.67. The highest BCUT2D eigenvalue weighted by atomic mass is 16.3. The van der Waals surface area contributed by atoms with Gasteiger partial charge in [-0.25, -0.2) is 0 Å². The van der Waals surface area contributed by atoms with E-state index in [1.807, 2.05) is 37.3 Å². The van der Waals surface area contributed by atoms with E-state index in [1.54, 1.807) is 0 Å². The van der Waals surface area contributed by atoms with Crippen molar-refractivity contribution < 1.29 is 5.11 Å². The van der Waals surface area contributed by atoms with Gasteiger partial charge in [-0.05, 0) is 37.9 Å². The number of nitrogens with one attached hydrogen (secondary N) is 1. The first kappa shape index (κ1) is 16.7. The smallest absolute Gasteiger partial charge is 0.0882 e. The molecule has 0 radical (unpaired) electrons. The summed E-state index contributed by atoms with van der Waals surface area (Å²) < 4.78 is 0. The lowest BCUT2D eigenvalue weighted by Gasteiger charge is -2.27. The Hall–Kier alpha value is -1.68. The summed E-state index contributed by atoms with van der Waals surface area (Å²) in [7, 11) is 0. The molecule has 3 atom stereocenters. The molecule has 1 unspecified atom stereocenters. The molecule has 0 saturated carbocycles. The molecule has 0 aromatic heterocycles. The van der Waals surface area contributed by atoms with E-state index in [0.717, 1.165) is 18.5 Å². The summed E-state index contributed by atoms with van der Waals surface area (Å²) in [5.74, 6) is 0. The molecule has 0 bridgehead atoms. The zero-order valence-electron chi connectivity index (χ0n) is 13.4. The fourth-order valence-corrected chi connectivity index (χ4v) is 2.53. The molecule has 0 spiro atoms. The average Bonchev–Trinajstić information content (AvgIpc) is 2.53. The van der Waals surface area contributed by atoms with Gasteiger partial charge in [0.2, 0.25) is 0 Å². The molecule has 2 aromatic carbocycles. The van der Waals surface area contributed by atoms with Gasteiger partial charge in [-0.15, -0.1) is 0 Å². The highest BCUT2D eigenvalue weighted by Crippen LogP contribution is 2.18. The van der Waals surface area contributed by atoms with Crippen molar-refractivity contribution in [3.8, 4) is 0 Å². The van der Waals surface area contributed by atoms with Crippen LogP contribution in [0.5, 0.6) is 0 Å². The van der Waals surface area contributed by atoms with Gasteiger partial charge in [0.05, 0.1) is 12.1 Å². The summed E-state index contributed by atoms with van der Waals surface area (Å²) in [6, 6.07) is 18.1. The number of benzene rings is 2. The van der Waals surface area contributed by atoms with Crippen molar-refractivity contribution in [2.75, 3.05) is 6.54 Å². The van der Waals surface area contributed by atoms with E-state index in [4.69, 9.17) is 5.73 Å². The van der Waals surface area contributed by atoms with Gasteiger partial charge in [0, 0.05) is 6.04 Å². The highest BCUT2D eigenvalue weighted by molar-refractivity contribution is 5.23. The second kappa shape index (κ2) is 8.08.